The molecule has 0 unspecified atom stereocenters. The summed E-state index contributed by atoms with van der Waals surface area (Å²) in [7, 11) is -3.72. The summed E-state index contributed by atoms with van der Waals surface area (Å²) in [5.41, 5.74) is 1.94. The summed E-state index contributed by atoms with van der Waals surface area (Å²) < 4.78 is 27.6. The van der Waals surface area contributed by atoms with E-state index in [4.69, 9.17) is 12.2 Å². The highest BCUT2D eigenvalue weighted by atomic mass is 32.2. The molecule has 1 amide bonds. The zero-order valence-electron chi connectivity index (χ0n) is 17.9. The monoisotopic (exact) mass is 487 g/mol. The SMILES string of the molecule is O=C(C=Cc1cccc2ccccc12)NC(=S)Nc1ccc(S(=O)(=O)Nc2ccccc2)cc1. The Morgan fingerprint density at radius 2 is 1.44 bits per heavy atom. The van der Waals surface area contributed by atoms with Crippen LogP contribution in [0.2, 0.25) is 0 Å². The second-order valence-electron chi connectivity index (χ2n) is 7.34. The zero-order chi connectivity index (χ0) is 24.0. The Morgan fingerprint density at radius 1 is 0.765 bits per heavy atom. The first-order chi connectivity index (χ1) is 16.4. The second-order valence-corrected chi connectivity index (χ2v) is 9.43. The fourth-order valence-corrected chi connectivity index (χ4v) is 4.59. The Labute approximate surface area is 203 Å². The van der Waals surface area contributed by atoms with Crippen LogP contribution in [0.3, 0.4) is 0 Å². The number of nitrogens with one attached hydrogen (secondary N) is 3. The minimum Gasteiger partial charge on any atom is -0.332 e. The van der Waals surface area contributed by atoms with E-state index in [-0.39, 0.29) is 15.9 Å². The van der Waals surface area contributed by atoms with E-state index >= 15 is 0 Å². The van der Waals surface area contributed by atoms with E-state index in [1.165, 1.54) is 18.2 Å². The number of rotatable bonds is 6. The number of benzene rings is 4. The molecule has 0 aliphatic heterocycles. The van der Waals surface area contributed by atoms with E-state index in [0.29, 0.717) is 11.4 Å². The van der Waals surface area contributed by atoms with Gasteiger partial charge in [-0.15, -0.1) is 0 Å². The molecule has 8 heteroatoms. The van der Waals surface area contributed by atoms with Crippen LogP contribution >= 0.6 is 12.2 Å². The average Bonchev–Trinajstić information content (AvgIpc) is 2.83. The maximum atomic E-state index is 12.5. The number of para-hydroxylation sites is 1. The number of fused-ring (bicyclic) bond motifs is 1. The first-order valence-electron chi connectivity index (χ1n) is 10.4. The van der Waals surface area contributed by atoms with E-state index in [1.54, 1.807) is 48.5 Å². The van der Waals surface area contributed by atoms with Gasteiger partial charge < -0.3 is 5.32 Å². The number of hydrogen-bond acceptors (Lipinski definition) is 4. The van der Waals surface area contributed by atoms with Gasteiger partial charge in [0.1, 0.15) is 0 Å². The highest BCUT2D eigenvalue weighted by Gasteiger charge is 2.14. The lowest BCUT2D eigenvalue weighted by Crippen LogP contribution is -2.32. The van der Waals surface area contributed by atoms with Crippen molar-refractivity contribution in [2.45, 2.75) is 4.90 Å². The smallest absolute Gasteiger partial charge is 0.261 e. The number of amides is 1. The van der Waals surface area contributed by atoms with Gasteiger partial charge in [0.15, 0.2) is 5.11 Å². The van der Waals surface area contributed by atoms with Gasteiger partial charge in [0.25, 0.3) is 10.0 Å². The predicted molar refractivity (Wildman–Crippen MR) is 141 cm³/mol. The van der Waals surface area contributed by atoms with Gasteiger partial charge >= 0.3 is 0 Å². The molecule has 0 fully saturated rings. The first-order valence-corrected chi connectivity index (χ1v) is 12.3. The molecule has 4 rings (SSSR count). The van der Waals surface area contributed by atoms with Crippen molar-refractivity contribution in [1.29, 1.82) is 0 Å². The van der Waals surface area contributed by atoms with Crippen molar-refractivity contribution in [2.24, 2.45) is 0 Å². The highest BCUT2D eigenvalue weighted by Crippen LogP contribution is 2.20. The molecule has 3 N–H and O–H groups in total. The van der Waals surface area contributed by atoms with E-state index < -0.39 is 10.0 Å². The van der Waals surface area contributed by atoms with Crippen molar-refractivity contribution in [3.05, 3.63) is 109 Å². The van der Waals surface area contributed by atoms with E-state index in [2.05, 4.69) is 15.4 Å². The molecule has 0 saturated carbocycles. The summed E-state index contributed by atoms with van der Waals surface area (Å²) in [5, 5.41) is 7.71. The second kappa shape index (κ2) is 10.3. The van der Waals surface area contributed by atoms with Gasteiger partial charge in [0.05, 0.1) is 4.90 Å². The first kappa shape index (κ1) is 23.2. The normalized spacial score (nSPS) is 11.3. The van der Waals surface area contributed by atoms with Crippen LogP contribution in [0.4, 0.5) is 11.4 Å². The molecule has 0 heterocycles. The third-order valence-electron chi connectivity index (χ3n) is 4.92. The lowest BCUT2D eigenvalue weighted by atomic mass is 10.0. The van der Waals surface area contributed by atoms with Gasteiger partial charge in [0, 0.05) is 17.5 Å². The van der Waals surface area contributed by atoms with Crippen LogP contribution in [0.25, 0.3) is 16.8 Å². The summed E-state index contributed by atoms with van der Waals surface area (Å²) >= 11 is 5.21. The maximum Gasteiger partial charge on any atom is 0.261 e. The lowest BCUT2D eigenvalue weighted by Gasteiger charge is -2.10. The number of hydrogen-bond donors (Lipinski definition) is 3. The topological polar surface area (TPSA) is 87.3 Å². The highest BCUT2D eigenvalue weighted by molar-refractivity contribution is 7.92. The number of carbonyl (C=O) groups excluding carboxylic acids is 1. The quantitative estimate of drug-likeness (QED) is 0.258. The van der Waals surface area contributed by atoms with Gasteiger partial charge in [-0.3, -0.25) is 14.8 Å². The fraction of sp³-hybridized carbons (Fsp3) is 0. The van der Waals surface area contributed by atoms with Crippen molar-refractivity contribution in [3.63, 3.8) is 0 Å². The maximum absolute atomic E-state index is 12.5. The molecule has 0 spiro atoms. The molecule has 34 heavy (non-hydrogen) atoms. The molecule has 6 nitrogen and oxygen atoms in total. The third-order valence-corrected chi connectivity index (χ3v) is 6.52. The van der Waals surface area contributed by atoms with Crippen molar-refractivity contribution < 1.29 is 13.2 Å². The van der Waals surface area contributed by atoms with Crippen LogP contribution in [0.1, 0.15) is 5.56 Å². The van der Waals surface area contributed by atoms with Gasteiger partial charge in [-0.05, 0) is 71.0 Å². The Kier molecular flexibility index (Phi) is 7.01. The summed E-state index contributed by atoms with van der Waals surface area (Å²) in [4.78, 5) is 12.4. The number of anilines is 2. The molecule has 0 aliphatic rings. The van der Waals surface area contributed by atoms with Crippen LogP contribution in [0.5, 0.6) is 0 Å². The van der Waals surface area contributed by atoms with Gasteiger partial charge in [-0.25, -0.2) is 8.42 Å². The standard InChI is InChI=1S/C26H21N3O3S2/c30-25(18-13-20-9-6-8-19-7-4-5-12-24(19)20)28-26(33)27-21-14-16-23(17-15-21)34(31,32)29-22-10-2-1-3-11-22/h1-18,29H,(H2,27,28,30,33). The van der Waals surface area contributed by atoms with Gasteiger partial charge in [-0.2, -0.15) is 0 Å². The minimum absolute atomic E-state index is 0.102. The molecule has 170 valence electrons. The molecular weight excluding hydrogens is 466 g/mol. The van der Waals surface area contributed by atoms with Crippen LogP contribution in [0.15, 0.2) is 108 Å². The third kappa shape index (κ3) is 5.86. The van der Waals surface area contributed by atoms with Crippen molar-refractivity contribution in [3.8, 4) is 0 Å². The number of sulfonamides is 1. The Morgan fingerprint density at radius 3 is 2.21 bits per heavy atom. The summed E-state index contributed by atoms with van der Waals surface area (Å²) in [5.74, 6) is -0.378. The fourth-order valence-electron chi connectivity index (χ4n) is 3.31. The Hall–Kier alpha value is -4.01. The molecule has 4 aromatic rings. The van der Waals surface area contributed by atoms with E-state index in [1.807, 2.05) is 42.5 Å². The molecule has 0 saturated heterocycles. The summed E-state index contributed by atoms with van der Waals surface area (Å²) in [6, 6.07) is 28.5. The average molecular weight is 488 g/mol. The van der Waals surface area contributed by atoms with Crippen LogP contribution in [0, 0.1) is 0 Å². The summed E-state index contributed by atoms with van der Waals surface area (Å²) in [6.07, 6.45) is 3.15. The Bertz CT molecular complexity index is 1460. The number of thiocarbonyl (C=S) groups is 1. The summed E-state index contributed by atoms with van der Waals surface area (Å²) in [6.45, 7) is 0. The van der Waals surface area contributed by atoms with Crippen molar-refractivity contribution in [2.75, 3.05) is 10.0 Å². The van der Waals surface area contributed by atoms with E-state index in [0.717, 1.165) is 16.3 Å². The molecule has 0 radical (unpaired) electrons. The van der Waals surface area contributed by atoms with Crippen molar-refractivity contribution >= 4 is 61.5 Å². The largest absolute Gasteiger partial charge is 0.332 e. The van der Waals surface area contributed by atoms with Crippen molar-refractivity contribution in [1.82, 2.24) is 5.32 Å². The van der Waals surface area contributed by atoms with Crippen LogP contribution in [-0.4, -0.2) is 19.4 Å². The minimum atomic E-state index is -3.72. The number of carbonyl (C=O) groups is 1. The Balaban J connectivity index is 1.35. The lowest BCUT2D eigenvalue weighted by molar-refractivity contribution is -0.115. The predicted octanol–water partition coefficient (Wildman–Crippen LogP) is 5.17. The van der Waals surface area contributed by atoms with Gasteiger partial charge in [-0.1, -0.05) is 60.7 Å². The van der Waals surface area contributed by atoms with E-state index in [9.17, 15) is 13.2 Å². The molecule has 0 atom stereocenters. The molecule has 0 aliphatic carbocycles. The zero-order valence-corrected chi connectivity index (χ0v) is 19.6. The van der Waals surface area contributed by atoms with Gasteiger partial charge in [0.2, 0.25) is 5.91 Å². The molecule has 4 aromatic carbocycles. The molecular formula is C26H21N3O3S2. The molecule has 0 aromatic heterocycles. The van der Waals surface area contributed by atoms with Crippen LogP contribution < -0.4 is 15.4 Å². The van der Waals surface area contributed by atoms with Crippen LogP contribution in [-0.2, 0) is 14.8 Å². The molecule has 0 bridgehead atoms.